The molecule has 1 aromatic carbocycles. The summed E-state index contributed by atoms with van der Waals surface area (Å²) in [6.45, 7) is 0.677. The molecule has 2 rings (SSSR count). The number of benzene rings is 1. The van der Waals surface area contributed by atoms with Crippen molar-refractivity contribution in [3.63, 3.8) is 0 Å². The Morgan fingerprint density at radius 1 is 1.44 bits per heavy atom. The van der Waals surface area contributed by atoms with E-state index >= 15 is 0 Å². The number of nitrogens with one attached hydrogen (secondary N) is 2. The summed E-state index contributed by atoms with van der Waals surface area (Å²) in [5.41, 5.74) is 0.927. The maximum absolute atomic E-state index is 11.5. The lowest BCUT2D eigenvalue weighted by Crippen LogP contribution is -2.18. The number of hydrogen-bond donors (Lipinski definition) is 2. The van der Waals surface area contributed by atoms with Gasteiger partial charge in [-0.1, -0.05) is 23.5 Å². The smallest absolute Gasteiger partial charge is 0.227 e. The van der Waals surface area contributed by atoms with E-state index in [-0.39, 0.29) is 5.91 Å². The van der Waals surface area contributed by atoms with E-state index in [1.54, 1.807) is 0 Å². The molecule has 2 aromatic rings. The fraction of sp³-hybridized carbons (Fsp3) is 0.273. The third-order valence-corrected chi connectivity index (χ3v) is 3.09. The molecule has 5 heteroatoms. The van der Waals surface area contributed by atoms with Gasteiger partial charge in [-0.15, -0.1) is 0 Å². The second-order valence-corrected chi connectivity index (χ2v) is 4.42. The summed E-state index contributed by atoms with van der Waals surface area (Å²) in [6, 6.07) is 7.84. The van der Waals surface area contributed by atoms with Crippen LogP contribution in [0, 0.1) is 0 Å². The number of aromatic nitrogens is 1. The zero-order chi connectivity index (χ0) is 11.4. The van der Waals surface area contributed by atoms with Gasteiger partial charge in [0, 0.05) is 13.0 Å². The van der Waals surface area contributed by atoms with Crippen molar-refractivity contribution >= 4 is 32.6 Å². The number of nitrogens with zero attached hydrogens (tertiary/aromatic N) is 1. The summed E-state index contributed by atoms with van der Waals surface area (Å²) >= 11 is 1.50. The fourth-order valence-corrected chi connectivity index (χ4v) is 2.23. The van der Waals surface area contributed by atoms with Crippen molar-refractivity contribution in [2.24, 2.45) is 0 Å². The Bertz CT molecular complexity index is 462. The number of amides is 1. The van der Waals surface area contributed by atoms with Crippen LogP contribution >= 0.6 is 11.3 Å². The molecule has 0 aliphatic carbocycles. The number of rotatable bonds is 4. The molecular weight excluding hydrogens is 222 g/mol. The van der Waals surface area contributed by atoms with Crippen molar-refractivity contribution in [1.29, 1.82) is 0 Å². The van der Waals surface area contributed by atoms with Crippen LogP contribution in [0.1, 0.15) is 6.42 Å². The maximum atomic E-state index is 11.5. The number of carbonyl (C=O) groups is 1. The van der Waals surface area contributed by atoms with Crippen LogP contribution in [0.3, 0.4) is 0 Å². The Morgan fingerprint density at radius 2 is 2.25 bits per heavy atom. The highest BCUT2D eigenvalue weighted by Gasteiger charge is 2.06. The number of anilines is 1. The van der Waals surface area contributed by atoms with E-state index in [0.29, 0.717) is 18.1 Å². The summed E-state index contributed by atoms with van der Waals surface area (Å²) in [4.78, 5) is 15.8. The monoisotopic (exact) mass is 235 g/mol. The van der Waals surface area contributed by atoms with Crippen LogP contribution in [0.4, 0.5) is 5.13 Å². The topological polar surface area (TPSA) is 54.0 Å². The Balaban J connectivity index is 2.07. The van der Waals surface area contributed by atoms with Crippen LogP contribution < -0.4 is 10.6 Å². The summed E-state index contributed by atoms with van der Waals surface area (Å²) in [6.07, 6.45) is 0.465. The van der Waals surface area contributed by atoms with Crippen molar-refractivity contribution in [1.82, 2.24) is 10.3 Å². The van der Waals surface area contributed by atoms with E-state index in [2.05, 4.69) is 15.6 Å². The average molecular weight is 235 g/mol. The van der Waals surface area contributed by atoms with Gasteiger partial charge in [0.1, 0.15) is 0 Å². The number of thiazole rings is 1. The van der Waals surface area contributed by atoms with Gasteiger partial charge in [-0.25, -0.2) is 4.98 Å². The van der Waals surface area contributed by atoms with Gasteiger partial charge in [0.25, 0.3) is 0 Å². The van der Waals surface area contributed by atoms with Crippen molar-refractivity contribution in [2.45, 2.75) is 6.42 Å². The van der Waals surface area contributed by atoms with Crippen LogP contribution in [0.5, 0.6) is 0 Å². The molecule has 1 amide bonds. The lowest BCUT2D eigenvalue weighted by Gasteiger charge is -1.99. The Kier molecular flexibility index (Phi) is 3.48. The quantitative estimate of drug-likeness (QED) is 0.850. The third-order valence-electron chi connectivity index (χ3n) is 2.14. The molecule has 0 fully saturated rings. The molecule has 1 heterocycles. The highest BCUT2D eigenvalue weighted by atomic mass is 32.1. The van der Waals surface area contributed by atoms with Gasteiger partial charge in [0.2, 0.25) is 5.91 Å². The minimum absolute atomic E-state index is 0.00611. The molecule has 0 radical (unpaired) electrons. The van der Waals surface area contributed by atoms with E-state index in [0.717, 1.165) is 10.2 Å². The van der Waals surface area contributed by atoms with Crippen LogP contribution in [-0.4, -0.2) is 24.5 Å². The van der Waals surface area contributed by atoms with Crippen LogP contribution in [-0.2, 0) is 4.79 Å². The molecule has 0 saturated heterocycles. The minimum Gasteiger partial charge on any atom is -0.319 e. The first kappa shape index (κ1) is 11.0. The van der Waals surface area contributed by atoms with E-state index in [1.807, 2.05) is 31.3 Å². The van der Waals surface area contributed by atoms with Gasteiger partial charge in [-0.3, -0.25) is 4.79 Å². The van der Waals surface area contributed by atoms with Gasteiger partial charge in [-0.05, 0) is 19.2 Å². The second-order valence-electron chi connectivity index (χ2n) is 3.39. The van der Waals surface area contributed by atoms with E-state index in [1.165, 1.54) is 11.3 Å². The molecule has 0 spiro atoms. The average Bonchev–Trinajstić information content (AvgIpc) is 2.68. The first-order chi connectivity index (χ1) is 7.79. The second kappa shape index (κ2) is 5.05. The summed E-state index contributed by atoms with van der Waals surface area (Å²) in [5, 5.41) is 6.40. The van der Waals surface area contributed by atoms with Crippen molar-refractivity contribution in [3.05, 3.63) is 24.3 Å². The first-order valence-corrected chi connectivity index (χ1v) is 5.91. The largest absolute Gasteiger partial charge is 0.319 e. The molecule has 0 atom stereocenters. The Morgan fingerprint density at radius 3 is 3.00 bits per heavy atom. The minimum atomic E-state index is -0.00611. The molecule has 2 N–H and O–H groups in total. The molecule has 4 nitrogen and oxygen atoms in total. The number of para-hydroxylation sites is 1. The van der Waals surface area contributed by atoms with Gasteiger partial charge >= 0.3 is 0 Å². The predicted molar refractivity (Wildman–Crippen MR) is 66.8 cm³/mol. The zero-order valence-electron chi connectivity index (χ0n) is 8.99. The third kappa shape index (κ3) is 2.56. The SMILES string of the molecule is CNCCC(=O)Nc1nc2ccccc2s1. The summed E-state index contributed by atoms with van der Waals surface area (Å²) < 4.78 is 1.09. The molecule has 0 saturated carbocycles. The Labute approximate surface area is 97.7 Å². The number of fused-ring (bicyclic) bond motifs is 1. The molecule has 0 aliphatic rings. The van der Waals surface area contributed by atoms with E-state index in [4.69, 9.17) is 0 Å². The molecule has 0 aliphatic heterocycles. The van der Waals surface area contributed by atoms with Gasteiger partial charge in [-0.2, -0.15) is 0 Å². The van der Waals surface area contributed by atoms with Gasteiger partial charge < -0.3 is 10.6 Å². The maximum Gasteiger partial charge on any atom is 0.227 e. The summed E-state index contributed by atoms with van der Waals surface area (Å²) in [7, 11) is 1.82. The van der Waals surface area contributed by atoms with Crippen LogP contribution in [0.2, 0.25) is 0 Å². The Hall–Kier alpha value is -1.46. The van der Waals surface area contributed by atoms with Gasteiger partial charge in [0.05, 0.1) is 10.2 Å². The molecule has 1 aromatic heterocycles. The van der Waals surface area contributed by atoms with E-state index < -0.39 is 0 Å². The predicted octanol–water partition coefficient (Wildman–Crippen LogP) is 1.84. The first-order valence-electron chi connectivity index (χ1n) is 5.09. The van der Waals surface area contributed by atoms with Crippen LogP contribution in [0.15, 0.2) is 24.3 Å². The fourth-order valence-electron chi connectivity index (χ4n) is 1.35. The summed E-state index contributed by atoms with van der Waals surface area (Å²) in [5.74, 6) is -0.00611. The van der Waals surface area contributed by atoms with Crippen molar-refractivity contribution < 1.29 is 4.79 Å². The van der Waals surface area contributed by atoms with Gasteiger partial charge in [0.15, 0.2) is 5.13 Å². The highest BCUT2D eigenvalue weighted by Crippen LogP contribution is 2.25. The van der Waals surface area contributed by atoms with E-state index in [9.17, 15) is 4.79 Å². The molecule has 0 unspecified atom stereocenters. The number of hydrogen-bond acceptors (Lipinski definition) is 4. The molecule has 0 bridgehead atoms. The van der Waals surface area contributed by atoms with Crippen LogP contribution in [0.25, 0.3) is 10.2 Å². The molecule has 84 valence electrons. The van der Waals surface area contributed by atoms with Crippen molar-refractivity contribution in [3.8, 4) is 0 Å². The molecule has 16 heavy (non-hydrogen) atoms. The zero-order valence-corrected chi connectivity index (χ0v) is 9.80. The lowest BCUT2D eigenvalue weighted by molar-refractivity contribution is -0.116. The lowest BCUT2D eigenvalue weighted by atomic mass is 10.3. The standard InChI is InChI=1S/C11H13N3OS/c1-12-7-6-10(15)14-11-13-8-4-2-3-5-9(8)16-11/h2-5,12H,6-7H2,1H3,(H,13,14,15). The van der Waals surface area contributed by atoms with Crippen molar-refractivity contribution in [2.75, 3.05) is 18.9 Å². The highest BCUT2D eigenvalue weighted by molar-refractivity contribution is 7.22. The molecular formula is C11H13N3OS. The normalized spacial score (nSPS) is 10.6. The number of carbonyl (C=O) groups excluding carboxylic acids is 1.